The Morgan fingerprint density at radius 3 is 2.34 bits per heavy atom. The van der Waals surface area contributed by atoms with E-state index in [-0.39, 0.29) is 23.8 Å². The molecule has 3 amide bonds. The number of amides is 3. The molecule has 2 atom stereocenters. The van der Waals surface area contributed by atoms with Crippen LogP contribution in [0, 0.1) is 5.92 Å². The summed E-state index contributed by atoms with van der Waals surface area (Å²) in [7, 11) is 0. The van der Waals surface area contributed by atoms with E-state index in [1.807, 2.05) is 68.4 Å². The number of nitrogens with zero attached hydrogens (tertiary/aromatic N) is 1. The molecule has 3 rings (SSSR count). The standard InChI is InChI=1S/C31H41N3O4/c1-7-22-14-11-15-24(19-22)27(28(35)32-20-23-12-9-8-10-13-23)34(25-16-17-25)29(36)26(18-21(2)3)33-30(37)38-31(4,5)6/h7-15,19,21,25-27H,1,16-18,20H2,2-6H3,(H,32,35)(H,33,37). The minimum absolute atomic E-state index is 0.0857. The highest BCUT2D eigenvalue weighted by molar-refractivity contribution is 5.92. The van der Waals surface area contributed by atoms with Gasteiger partial charge in [-0.3, -0.25) is 9.59 Å². The molecule has 2 aromatic carbocycles. The SMILES string of the molecule is C=Cc1cccc(C(C(=O)NCc2ccccc2)N(C(=O)C(CC(C)C)NC(=O)OC(C)(C)C)C2CC2)c1. The van der Waals surface area contributed by atoms with Gasteiger partial charge in [0.05, 0.1) is 0 Å². The molecule has 1 aliphatic carbocycles. The van der Waals surface area contributed by atoms with Crippen LogP contribution in [0.1, 0.15) is 76.6 Å². The van der Waals surface area contributed by atoms with E-state index in [1.54, 1.807) is 31.7 Å². The van der Waals surface area contributed by atoms with E-state index in [2.05, 4.69) is 17.2 Å². The first-order valence-electron chi connectivity index (χ1n) is 13.3. The Morgan fingerprint density at radius 2 is 1.76 bits per heavy atom. The van der Waals surface area contributed by atoms with Crippen molar-refractivity contribution in [3.63, 3.8) is 0 Å². The smallest absolute Gasteiger partial charge is 0.408 e. The quantitative estimate of drug-likeness (QED) is 0.404. The van der Waals surface area contributed by atoms with Crippen molar-refractivity contribution < 1.29 is 19.1 Å². The number of carbonyl (C=O) groups excluding carboxylic acids is 3. The molecule has 2 N–H and O–H groups in total. The third-order valence-corrected chi connectivity index (χ3v) is 6.19. The molecule has 0 bridgehead atoms. The number of hydrogen-bond donors (Lipinski definition) is 2. The first-order valence-corrected chi connectivity index (χ1v) is 13.3. The Bertz CT molecular complexity index is 1120. The maximum Gasteiger partial charge on any atom is 0.408 e. The van der Waals surface area contributed by atoms with E-state index in [0.717, 1.165) is 24.0 Å². The van der Waals surface area contributed by atoms with Crippen LogP contribution in [-0.2, 0) is 20.9 Å². The van der Waals surface area contributed by atoms with Crippen LogP contribution in [0.5, 0.6) is 0 Å². The van der Waals surface area contributed by atoms with Gasteiger partial charge in [0.2, 0.25) is 11.8 Å². The second-order valence-corrected chi connectivity index (χ2v) is 11.3. The lowest BCUT2D eigenvalue weighted by molar-refractivity contribution is -0.143. The predicted molar refractivity (Wildman–Crippen MR) is 150 cm³/mol. The molecule has 1 saturated carbocycles. The van der Waals surface area contributed by atoms with Crippen LogP contribution in [0.15, 0.2) is 61.2 Å². The number of rotatable bonds is 11. The van der Waals surface area contributed by atoms with Crippen molar-refractivity contribution in [2.24, 2.45) is 5.92 Å². The van der Waals surface area contributed by atoms with Crippen molar-refractivity contribution in [1.82, 2.24) is 15.5 Å². The first kappa shape index (κ1) is 29.0. The van der Waals surface area contributed by atoms with Gasteiger partial charge >= 0.3 is 6.09 Å². The summed E-state index contributed by atoms with van der Waals surface area (Å²) in [6, 6.07) is 15.4. The molecular formula is C31H41N3O4. The first-order chi connectivity index (χ1) is 18.0. The second kappa shape index (κ2) is 12.8. The monoisotopic (exact) mass is 519 g/mol. The lowest BCUT2D eigenvalue weighted by Gasteiger charge is -2.35. The summed E-state index contributed by atoms with van der Waals surface area (Å²) in [5.74, 6) is -0.416. The molecule has 0 aliphatic heterocycles. The van der Waals surface area contributed by atoms with Crippen LogP contribution in [0.2, 0.25) is 0 Å². The zero-order valence-corrected chi connectivity index (χ0v) is 23.2. The summed E-state index contributed by atoms with van der Waals surface area (Å²) in [4.78, 5) is 42.3. The summed E-state index contributed by atoms with van der Waals surface area (Å²) < 4.78 is 5.46. The lowest BCUT2D eigenvalue weighted by atomic mass is 9.98. The molecule has 7 nitrogen and oxygen atoms in total. The zero-order chi connectivity index (χ0) is 27.9. The number of ether oxygens (including phenoxy) is 1. The van der Waals surface area contributed by atoms with Crippen molar-refractivity contribution >= 4 is 24.0 Å². The number of benzene rings is 2. The highest BCUT2D eigenvalue weighted by Gasteiger charge is 2.44. The van der Waals surface area contributed by atoms with E-state index in [0.29, 0.717) is 18.5 Å². The lowest BCUT2D eigenvalue weighted by Crippen LogP contribution is -2.54. The van der Waals surface area contributed by atoms with Gasteiger partial charge in [0, 0.05) is 12.6 Å². The molecule has 204 valence electrons. The fourth-order valence-electron chi connectivity index (χ4n) is 4.37. The van der Waals surface area contributed by atoms with Crippen LogP contribution in [-0.4, -0.2) is 40.5 Å². The Balaban J connectivity index is 1.95. The molecule has 7 heteroatoms. The molecule has 2 unspecified atom stereocenters. The van der Waals surface area contributed by atoms with Crippen molar-refractivity contribution in [2.45, 2.75) is 84.2 Å². The van der Waals surface area contributed by atoms with Gasteiger partial charge in [-0.05, 0) is 68.7 Å². The van der Waals surface area contributed by atoms with E-state index in [9.17, 15) is 14.4 Å². The molecule has 0 heterocycles. The van der Waals surface area contributed by atoms with Crippen molar-refractivity contribution in [2.75, 3.05) is 0 Å². The van der Waals surface area contributed by atoms with Gasteiger partial charge in [0.15, 0.2) is 0 Å². The van der Waals surface area contributed by atoms with Crippen LogP contribution >= 0.6 is 0 Å². The predicted octanol–water partition coefficient (Wildman–Crippen LogP) is 5.62. The number of carbonyl (C=O) groups is 3. The Hall–Kier alpha value is -3.61. The van der Waals surface area contributed by atoms with Crippen molar-refractivity contribution in [3.8, 4) is 0 Å². The third kappa shape index (κ3) is 8.47. The average molecular weight is 520 g/mol. The molecule has 1 aliphatic rings. The molecule has 2 aromatic rings. The maximum atomic E-state index is 14.2. The van der Waals surface area contributed by atoms with Crippen LogP contribution in [0.4, 0.5) is 4.79 Å². The number of alkyl carbamates (subject to hydrolysis) is 1. The Morgan fingerprint density at radius 1 is 1.08 bits per heavy atom. The largest absolute Gasteiger partial charge is 0.444 e. The van der Waals surface area contributed by atoms with E-state index in [1.165, 1.54) is 0 Å². The van der Waals surface area contributed by atoms with Crippen molar-refractivity contribution in [1.29, 1.82) is 0 Å². The van der Waals surface area contributed by atoms with Gasteiger partial charge in [-0.1, -0.05) is 75.0 Å². The fraction of sp³-hybridized carbons (Fsp3) is 0.452. The summed E-state index contributed by atoms with van der Waals surface area (Å²) in [6.07, 6.45) is 3.10. The molecule has 0 aromatic heterocycles. The van der Waals surface area contributed by atoms with Gasteiger partial charge in [0.1, 0.15) is 17.7 Å². The summed E-state index contributed by atoms with van der Waals surface area (Å²) in [5, 5.41) is 5.83. The van der Waals surface area contributed by atoms with Crippen LogP contribution < -0.4 is 10.6 Å². The van der Waals surface area contributed by atoms with E-state index in [4.69, 9.17) is 4.74 Å². The average Bonchev–Trinajstić information content (AvgIpc) is 3.69. The summed E-state index contributed by atoms with van der Waals surface area (Å²) >= 11 is 0. The third-order valence-electron chi connectivity index (χ3n) is 6.19. The normalized spacial score (nSPS) is 14.8. The van der Waals surface area contributed by atoms with Gasteiger partial charge in [-0.15, -0.1) is 0 Å². The van der Waals surface area contributed by atoms with Gasteiger partial charge in [0.25, 0.3) is 0 Å². The molecule has 1 fully saturated rings. The summed E-state index contributed by atoms with van der Waals surface area (Å²) in [6.45, 7) is 13.5. The molecule has 0 radical (unpaired) electrons. The fourth-order valence-corrected chi connectivity index (χ4v) is 4.37. The molecule has 38 heavy (non-hydrogen) atoms. The topological polar surface area (TPSA) is 87.7 Å². The Kier molecular flexibility index (Phi) is 9.72. The van der Waals surface area contributed by atoms with E-state index < -0.39 is 23.8 Å². The van der Waals surface area contributed by atoms with Gasteiger partial charge in [-0.25, -0.2) is 4.79 Å². The molecule has 0 spiro atoms. The number of hydrogen-bond acceptors (Lipinski definition) is 4. The maximum absolute atomic E-state index is 14.2. The summed E-state index contributed by atoms with van der Waals surface area (Å²) in [5.41, 5.74) is 1.83. The van der Waals surface area contributed by atoms with Gasteiger partial charge < -0.3 is 20.3 Å². The Labute approximate surface area is 226 Å². The number of nitrogens with one attached hydrogen (secondary N) is 2. The minimum Gasteiger partial charge on any atom is -0.444 e. The van der Waals surface area contributed by atoms with Crippen molar-refractivity contribution in [3.05, 3.63) is 77.9 Å². The van der Waals surface area contributed by atoms with Gasteiger partial charge in [-0.2, -0.15) is 0 Å². The van der Waals surface area contributed by atoms with Crippen LogP contribution in [0.25, 0.3) is 6.08 Å². The molecule has 0 saturated heterocycles. The van der Waals surface area contributed by atoms with E-state index >= 15 is 0 Å². The highest BCUT2D eigenvalue weighted by atomic mass is 16.6. The van der Waals surface area contributed by atoms with Crippen LogP contribution in [0.3, 0.4) is 0 Å². The molecular weight excluding hydrogens is 478 g/mol. The minimum atomic E-state index is -0.853. The highest BCUT2D eigenvalue weighted by Crippen LogP contribution is 2.36. The zero-order valence-electron chi connectivity index (χ0n) is 23.2. The second-order valence-electron chi connectivity index (χ2n) is 11.3.